The van der Waals surface area contributed by atoms with Gasteiger partial charge in [-0.15, -0.1) is 0 Å². The summed E-state index contributed by atoms with van der Waals surface area (Å²) in [6, 6.07) is 8.07. The number of anilines is 2. The number of hydrogen-bond acceptors (Lipinski definition) is 5. The van der Waals surface area contributed by atoms with Crippen LogP contribution in [0.4, 0.5) is 11.4 Å². The van der Waals surface area contributed by atoms with Crippen molar-refractivity contribution in [2.75, 3.05) is 23.4 Å². The summed E-state index contributed by atoms with van der Waals surface area (Å²) < 4.78 is 0. The molecule has 2 N–H and O–H groups in total. The van der Waals surface area contributed by atoms with Crippen molar-refractivity contribution in [2.24, 2.45) is 5.10 Å². The van der Waals surface area contributed by atoms with Crippen LogP contribution in [0.3, 0.4) is 0 Å². The Bertz CT molecular complexity index is 692. The predicted octanol–water partition coefficient (Wildman–Crippen LogP) is 2.72. The zero-order chi connectivity index (χ0) is 15.9. The number of hydrazone groups is 1. The van der Waals surface area contributed by atoms with Crippen molar-refractivity contribution in [3.63, 3.8) is 0 Å². The number of halogens is 1. The molecule has 0 aliphatic heterocycles. The Morgan fingerprint density at radius 2 is 2.00 bits per heavy atom. The van der Waals surface area contributed by atoms with E-state index in [1.54, 1.807) is 6.21 Å². The minimum absolute atomic E-state index is 0.0315. The Morgan fingerprint density at radius 3 is 2.64 bits per heavy atom. The molecule has 22 heavy (non-hydrogen) atoms. The van der Waals surface area contributed by atoms with E-state index in [4.69, 9.17) is 11.6 Å². The molecule has 0 saturated carbocycles. The van der Waals surface area contributed by atoms with Crippen LogP contribution in [0.5, 0.6) is 0 Å². The lowest BCUT2D eigenvalue weighted by Crippen LogP contribution is -2.21. The van der Waals surface area contributed by atoms with Gasteiger partial charge in [0.05, 0.1) is 12.4 Å². The summed E-state index contributed by atoms with van der Waals surface area (Å²) in [5.41, 5.74) is 4.74. The van der Waals surface area contributed by atoms with E-state index in [2.05, 4.69) is 51.6 Å². The van der Waals surface area contributed by atoms with Crippen molar-refractivity contribution in [3.05, 3.63) is 51.4 Å². The number of hydrogen-bond donors (Lipinski definition) is 2. The summed E-state index contributed by atoms with van der Waals surface area (Å²) in [4.78, 5) is 13.5. The van der Waals surface area contributed by atoms with Crippen LogP contribution in [0.2, 0.25) is 5.02 Å². The van der Waals surface area contributed by atoms with Crippen molar-refractivity contribution in [1.29, 1.82) is 0 Å². The first-order valence-corrected chi connectivity index (χ1v) is 7.40. The molecule has 0 atom stereocenters. The number of aromatic amines is 1. The normalized spacial score (nSPS) is 10.9. The van der Waals surface area contributed by atoms with Crippen LogP contribution in [0, 0.1) is 0 Å². The SMILES string of the molecule is CCN(CC)c1ccc(/C=N\Nc2cn[nH]c(=O)c2Cl)cc1. The standard InChI is InChI=1S/C15H18ClN5O/c1-3-21(4-2)12-7-5-11(6-8-12)9-17-19-13-10-18-20-15(22)14(13)16/h5-10H,3-4H2,1-2H3,(H2,19,20,22)/b17-9-. The van der Waals surface area contributed by atoms with Gasteiger partial charge in [-0.1, -0.05) is 23.7 Å². The zero-order valence-corrected chi connectivity index (χ0v) is 13.3. The molecule has 0 amide bonds. The lowest BCUT2D eigenvalue weighted by Gasteiger charge is -2.20. The second-order valence-corrected chi connectivity index (χ2v) is 4.94. The fourth-order valence-electron chi connectivity index (χ4n) is 2.00. The number of nitrogens with zero attached hydrogens (tertiary/aromatic N) is 3. The third-order valence-electron chi connectivity index (χ3n) is 3.22. The molecule has 0 bridgehead atoms. The van der Waals surface area contributed by atoms with Gasteiger partial charge < -0.3 is 4.90 Å². The smallest absolute Gasteiger partial charge is 0.285 e. The fourth-order valence-corrected chi connectivity index (χ4v) is 2.13. The first-order chi connectivity index (χ1) is 10.7. The van der Waals surface area contributed by atoms with Gasteiger partial charge in [-0.3, -0.25) is 10.2 Å². The molecule has 2 aromatic rings. The van der Waals surface area contributed by atoms with Gasteiger partial charge >= 0.3 is 0 Å². The minimum Gasteiger partial charge on any atom is -0.372 e. The quantitative estimate of drug-likeness (QED) is 0.634. The number of benzene rings is 1. The molecule has 1 aromatic carbocycles. The predicted molar refractivity (Wildman–Crippen MR) is 91.1 cm³/mol. The Morgan fingerprint density at radius 1 is 1.32 bits per heavy atom. The monoisotopic (exact) mass is 319 g/mol. The zero-order valence-electron chi connectivity index (χ0n) is 12.5. The Labute approximate surface area is 133 Å². The van der Waals surface area contributed by atoms with E-state index < -0.39 is 5.56 Å². The molecule has 1 heterocycles. The molecule has 0 aliphatic rings. The van der Waals surface area contributed by atoms with Gasteiger partial charge in [0.15, 0.2) is 0 Å². The first kappa shape index (κ1) is 16.0. The van der Waals surface area contributed by atoms with Gasteiger partial charge in [-0.25, -0.2) is 5.10 Å². The topological polar surface area (TPSA) is 73.4 Å². The Kier molecular flexibility index (Phi) is 5.55. The number of H-pyrrole nitrogens is 1. The third-order valence-corrected chi connectivity index (χ3v) is 3.59. The van der Waals surface area contributed by atoms with Crippen molar-refractivity contribution < 1.29 is 0 Å². The lowest BCUT2D eigenvalue weighted by molar-refractivity contribution is 0.866. The largest absolute Gasteiger partial charge is 0.372 e. The van der Waals surface area contributed by atoms with Gasteiger partial charge in [0.25, 0.3) is 5.56 Å². The molecular weight excluding hydrogens is 302 g/mol. The van der Waals surface area contributed by atoms with Crippen LogP contribution in [0.25, 0.3) is 0 Å². The lowest BCUT2D eigenvalue weighted by atomic mass is 10.2. The van der Waals surface area contributed by atoms with E-state index in [-0.39, 0.29) is 5.02 Å². The molecule has 0 fully saturated rings. The van der Waals surface area contributed by atoms with E-state index in [0.29, 0.717) is 5.69 Å². The van der Waals surface area contributed by atoms with Crippen LogP contribution in [0.1, 0.15) is 19.4 Å². The van der Waals surface area contributed by atoms with Crippen LogP contribution in [-0.2, 0) is 0 Å². The van der Waals surface area contributed by atoms with Gasteiger partial charge in [0, 0.05) is 18.8 Å². The molecule has 0 aliphatic carbocycles. The van der Waals surface area contributed by atoms with E-state index >= 15 is 0 Å². The Hall–Kier alpha value is -2.34. The summed E-state index contributed by atoms with van der Waals surface area (Å²) in [6.07, 6.45) is 3.06. The minimum atomic E-state index is -0.453. The summed E-state index contributed by atoms with van der Waals surface area (Å²) in [5, 5.41) is 9.99. The molecule has 116 valence electrons. The van der Waals surface area contributed by atoms with Gasteiger partial charge in [-0.05, 0) is 31.5 Å². The van der Waals surface area contributed by atoms with Gasteiger partial charge in [-0.2, -0.15) is 10.2 Å². The highest BCUT2D eigenvalue weighted by Gasteiger charge is 2.03. The number of nitrogens with one attached hydrogen (secondary N) is 2. The summed E-state index contributed by atoms with van der Waals surface area (Å²) in [6.45, 7) is 6.20. The number of aromatic nitrogens is 2. The molecule has 7 heteroatoms. The molecule has 0 saturated heterocycles. The van der Waals surface area contributed by atoms with Crippen LogP contribution < -0.4 is 15.9 Å². The van der Waals surface area contributed by atoms with Gasteiger partial charge in [0.2, 0.25) is 0 Å². The van der Waals surface area contributed by atoms with E-state index in [1.165, 1.54) is 11.9 Å². The first-order valence-electron chi connectivity index (χ1n) is 7.03. The number of rotatable bonds is 6. The van der Waals surface area contributed by atoms with Crippen molar-refractivity contribution in [2.45, 2.75) is 13.8 Å². The van der Waals surface area contributed by atoms with Crippen LogP contribution in [-0.4, -0.2) is 29.5 Å². The second kappa shape index (κ2) is 7.61. The highest BCUT2D eigenvalue weighted by Crippen LogP contribution is 2.15. The third kappa shape index (κ3) is 3.85. The van der Waals surface area contributed by atoms with Crippen LogP contribution in [0.15, 0.2) is 40.4 Å². The summed E-state index contributed by atoms with van der Waals surface area (Å²) in [5.74, 6) is 0. The molecule has 1 aromatic heterocycles. The fraction of sp³-hybridized carbons (Fsp3) is 0.267. The highest BCUT2D eigenvalue weighted by molar-refractivity contribution is 6.32. The maximum Gasteiger partial charge on any atom is 0.285 e. The average Bonchev–Trinajstić information content (AvgIpc) is 2.54. The van der Waals surface area contributed by atoms with Crippen LogP contribution >= 0.6 is 11.6 Å². The molecule has 6 nitrogen and oxygen atoms in total. The molecular formula is C15H18ClN5O. The second-order valence-electron chi connectivity index (χ2n) is 4.56. The van der Waals surface area contributed by atoms with E-state index in [1.807, 2.05) is 12.1 Å². The average molecular weight is 320 g/mol. The van der Waals surface area contributed by atoms with Crippen molar-refractivity contribution in [1.82, 2.24) is 10.2 Å². The van der Waals surface area contributed by atoms with E-state index in [0.717, 1.165) is 18.7 Å². The highest BCUT2D eigenvalue weighted by atomic mass is 35.5. The van der Waals surface area contributed by atoms with Crippen molar-refractivity contribution >= 4 is 29.2 Å². The Balaban J connectivity index is 2.04. The molecule has 0 radical (unpaired) electrons. The maximum absolute atomic E-state index is 11.3. The maximum atomic E-state index is 11.3. The molecule has 2 rings (SSSR count). The van der Waals surface area contributed by atoms with Crippen molar-refractivity contribution in [3.8, 4) is 0 Å². The van der Waals surface area contributed by atoms with E-state index in [9.17, 15) is 4.79 Å². The summed E-state index contributed by atoms with van der Waals surface area (Å²) >= 11 is 5.84. The summed E-state index contributed by atoms with van der Waals surface area (Å²) in [7, 11) is 0. The molecule has 0 spiro atoms. The van der Waals surface area contributed by atoms with Gasteiger partial charge in [0.1, 0.15) is 10.7 Å². The molecule has 0 unspecified atom stereocenters.